The maximum absolute atomic E-state index is 12.7. The molecular weight excluding hydrogens is 272 g/mol. The highest BCUT2D eigenvalue weighted by Gasteiger charge is 2.33. The van der Waals surface area contributed by atoms with E-state index >= 15 is 0 Å². The summed E-state index contributed by atoms with van der Waals surface area (Å²) < 4.78 is 26.7. The minimum Gasteiger partial charge on any atom is -0.255 e. The van der Waals surface area contributed by atoms with Crippen LogP contribution in [-0.2, 0) is 10.0 Å². The summed E-state index contributed by atoms with van der Waals surface area (Å²) >= 11 is 0. The van der Waals surface area contributed by atoms with E-state index in [9.17, 15) is 8.42 Å². The molecule has 0 aliphatic rings. The van der Waals surface area contributed by atoms with Crippen LogP contribution in [0.3, 0.4) is 0 Å². The van der Waals surface area contributed by atoms with Gasteiger partial charge in [0, 0.05) is 18.6 Å². The standard InChI is InChI=1S/C15H16N2O2S/c1-5-15(2,3)17(4)20(18,19)13-10-6-8-12-9-7-11-16-14(12)13/h1,6-11H,2-4H3. The quantitative estimate of drug-likeness (QED) is 0.814. The monoisotopic (exact) mass is 288 g/mol. The normalized spacial score (nSPS) is 12.6. The van der Waals surface area contributed by atoms with Gasteiger partial charge < -0.3 is 0 Å². The zero-order valence-corrected chi connectivity index (χ0v) is 12.5. The first-order valence-electron chi connectivity index (χ1n) is 6.11. The van der Waals surface area contributed by atoms with E-state index in [-0.39, 0.29) is 4.90 Å². The first kappa shape index (κ1) is 14.5. The topological polar surface area (TPSA) is 50.3 Å². The Kier molecular flexibility index (Phi) is 3.55. The second kappa shape index (κ2) is 4.89. The van der Waals surface area contributed by atoms with Crippen molar-refractivity contribution in [2.24, 2.45) is 0 Å². The van der Waals surface area contributed by atoms with Crippen molar-refractivity contribution in [3.63, 3.8) is 0 Å². The number of terminal acetylenes is 1. The molecule has 0 atom stereocenters. The Bertz CT molecular complexity index is 784. The van der Waals surface area contributed by atoms with Gasteiger partial charge in [0.05, 0.1) is 11.1 Å². The minimum atomic E-state index is -3.71. The van der Waals surface area contributed by atoms with Gasteiger partial charge in [-0.3, -0.25) is 4.98 Å². The van der Waals surface area contributed by atoms with Crippen LogP contribution in [0.1, 0.15) is 13.8 Å². The van der Waals surface area contributed by atoms with Crippen LogP contribution < -0.4 is 0 Å². The number of benzene rings is 1. The van der Waals surface area contributed by atoms with E-state index in [1.165, 1.54) is 11.4 Å². The molecule has 0 amide bonds. The van der Waals surface area contributed by atoms with Crippen LogP contribution in [0.5, 0.6) is 0 Å². The fraction of sp³-hybridized carbons (Fsp3) is 0.267. The Labute approximate surface area is 119 Å². The number of nitrogens with zero attached hydrogens (tertiary/aromatic N) is 2. The maximum atomic E-state index is 12.7. The zero-order valence-electron chi connectivity index (χ0n) is 11.7. The molecule has 4 nitrogen and oxygen atoms in total. The molecule has 1 aromatic heterocycles. The number of rotatable bonds is 3. The summed E-state index contributed by atoms with van der Waals surface area (Å²) in [4.78, 5) is 4.35. The largest absolute Gasteiger partial charge is 0.255 e. The maximum Gasteiger partial charge on any atom is 0.246 e. The lowest BCUT2D eigenvalue weighted by molar-refractivity contribution is 0.341. The van der Waals surface area contributed by atoms with Crippen molar-refractivity contribution in [1.82, 2.24) is 9.29 Å². The highest BCUT2D eigenvalue weighted by atomic mass is 32.2. The van der Waals surface area contributed by atoms with E-state index in [4.69, 9.17) is 6.42 Å². The number of aromatic nitrogens is 1. The zero-order chi connectivity index (χ0) is 15.0. The van der Waals surface area contributed by atoms with E-state index in [1.807, 2.05) is 12.1 Å². The second-order valence-electron chi connectivity index (χ2n) is 5.01. The smallest absolute Gasteiger partial charge is 0.246 e. The molecule has 0 saturated heterocycles. The van der Waals surface area contributed by atoms with Crippen molar-refractivity contribution >= 4 is 20.9 Å². The molecule has 104 valence electrons. The van der Waals surface area contributed by atoms with Gasteiger partial charge in [-0.1, -0.05) is 24.1 Å². The third-order valence-corrected chi connectivity index (χ3v) is 5.44. The van der Waals surface area contributed by atoms with Crippen molar-refractivity contribution in [1.29, 1.82) is 0 Å². The fourth-order valence-corrected chi connectivity index (χ4v) is 3.44. The molecule has 20 heavy (non-hydrogen) atoms. The van der Waals surface area contributed by atoms with Gasteiger partial charge in [-0.05, 0) is 26.0 Å². The number of hydrogen-bond donors (Lipinski definition) is 0. The molecule has 0 aliphatic carbocycles. The number of fused-ring (bicyclic) bond motifs is 1. The van der Waals surface area contributed by atoms with Gasteiger partial charge in [0.2, 0.25) is 10.0 Å². The molecule has 1 heterocycles. The van der Waals surface area contributed by atoms with Crippen LogP contribution in [0.25, 0.3) is 10.9 Å². The summed E-state index contributed by atoms with van der Waals surface area (Å²) in [6, 6.07) is 8.68. The molecule has 2 aromatic rings. The molecule has 0 N–H and O–H groups in total. The van der Waals surface area contributed by atoms with E-state index in [0.717, 1.165) is 5.39 Å². The van der Waals surface area contributed by atoms with Gasteiger partial charge in [0.1, 0.15) is 4.90 Å². The van der Waals surface area contributed by atoms with Crippen LogP contribution in [0.2, 0.25) is 0 Å². The highest BCUT2D eigenvalue weighted by molar-refractivity contribution is 7.89. The van der Waals surface area contributed by atoms with Gasteiger partial charge in [-0.2, -0.15) is 4.31 Å². The molecule has 0 spiro atoms. The lowest BCUT2D eigenvalue weighted by atomic mass is 10.1. The van der Waals surface area contributed by atoms with Crippen LogP contribution in [0.4, 0.5) is 0 Å². The average Bonchev–Trinajstić information content (AvgIpc) is 2.45. The van der Waals surface area contributed by atoms with E-state index < -0.39 is 15.6 Å². The summed E-state index contributed by atoms with van der Waals surface area (Å²) in [6.07, 6.45) is 7.00. The van der Waals surface area contributed by atoms with E-state index in [0.29, 0.717) is 5.52 Å². The average molecular weight is 288 g/mol. The van der Waals surface area contributed by atoms with Crippen LogP contribution in [0, 0.1) is 12.3 Å². The van der Waals surface area contributed by atoms with Crippen molar-refractivity contribution in [3.8, 4) is 12.3 Å². The summed E-state index contributed by atoms with van der Waals surface area (Å²) in [5.74, 6) is 2.49. The number of sulfonamides is 1. The molecule has 0 radical (unpaired) electrons. The molecule has 0 saturated carbocycles. The lowest BCUT2D eigenvalue weighted by Gasteiger charge is -2.30. The van der Waals surface area contributed by atoms with Gasteiger partial charge in [-0.25, -0.2) is 8.42 Å². The number of para-hydroxylation sites is 1. The first-order chi connectivity index (χ1) is 9.30. The number of pyridine rings is 1. The minimum absolute atomic E-state index is 0.168. The first-order valence-corrected chi connectivity index (χ1v) is 7.55. The predicted octanol–water partition coefficient (Wildman–Crippen LogP) is 2.27. The summed E-state index contributed by atoms with van der Waals surface area (Å²) in [6.45, 7) is 3.37. The predicted molar refractivity (Wildman–Crippen MR) is 79.6 cm³/mol. The lowest BCUT2D eigenvalue weighted by Crippen LogP contribution is -2.43. The Morgan fingerprint density at radius 3 is 2.55 bits per heavy atom. The van der Waals surface area contributed by atoms with Crippen LogP contribution in [0.15, 0.2) is 41.4 Å². The fourth-order valence-electron chi connectivity index (χ4n) is 1.82. The summed E-state index contributed by atoms with van der Waals surface area (Å²) in [5.41, 5.74) is -0.454. The molecule has 0 unspecified atom stereocenters. The van der Waals surface area contributed by atoms with Gasteiger partial charge in [-0.15, -0.1) is 6.42 Å². The van der Waals surface area contributed by atoms with Gasteiger partial charge in [0.25, 0.3) is 0 Å². The molecule has 0 bridgehead atoms. The van der Waals surface area contributed by atoms with Gasteiger partial charge >= 0.3 is 0 Å². The van der Waals surface area contributed by atoms with E-state index in [1.54, 1.807) is 38.2 Å². The molecule has 5 heteroatoms. The second-order valence-corrected chi connectivity index (χ2v) is 6.94. The van der Waals surface area contributed by atoms with Crippen molar-refractivity contribution < 1.29 is 8.42 Å². The molecule has 2 rings (SSSR count). The Hall–Kier alpha value is -1.90. The Morgan fingerprint density at radius 2 is 1.90 bits per heavy atom. The molecule has 1 aromatic carbocycles. The van der Waals surface area contributed by atoms with E-state index in [2.05, 4.69) is 10.9 Å². The van der Waals surface area contributed by atoms with Crippen molar-refractivity contribution in [2.45, 2.75) is 24.3 Å². The third-order valence-electron chi connectivity index (χ3n) is 3.37. The summed E-state index contributed by atoms with van der Waals surface area (Å²) in [7, 11) is -2.22. The Morgan fingerprint density at radius 1 is 1.25 bits per heavy atom. The summed E-state index contributed by atoms with van der Waals surface area (Å²) in [5, 5.41) is 0.778. The Balaban J connectivity index is 2.68. The number of hydrogen-bond acceptors (Lipinski definition) is 3. The van der Waals surface area contributed by atoms with Crippen LogP contribution in [-0.4, -0.2) is 30.3 Å². The van der Waals surface area contributed by atoms with Crippen LogP contribution >= 0.6 is 0 Å². The SMILES string of the molecule is C#CC(C)(C)N(C)S(=O)(=O)c1cccc2cccnc12. The highest BCUT2D eigenvalue weighted by Crippen LogP contribution is 2.27. The van der Waals surface area contributed by atoms with Crippen molar-refractivity contribution in [3.05, 3.63) is 36.5 Å². The van der Waals surface area contributed by atoms with Gasteiger partial charge in [0.15, 0.2) is 0 Å². The third kappa shape index (κ3) is 2.28. The molecular formula is C15H16N2O2S. The van der Waals surface area contributed by atoms with Crippen molar-refractivity contribution in [2.75, 3.05) is 7.05 Å². The molecule has 0 aliphatic heterocycles. The molecule has 0 fully saturated rings.